The molecule has 1 unspecified atom stereocenters. The molecule has 142 valence electrons. The number of nitrogens with zero attached hydrogens (tertiary/aromatic N) is 1. The van der Waals surface area contributed by atoms with E-state index in [1.54, 1.807) is 30.6 Å². The fraction of sp³-hybridized carbons (Fsp3) is 0.136. The summed E-state index contributed by atoms with van der Waals surface area (Å²) in [7, 11) is 0. The van der Waals surface area contributed by atoms with E-state index in [0.717, 1.165) is 16.1 Å². The molecule has 0 aliphatic carbocycles. The maximum Gasteiger partial charge on any atom is 0.255 e. The molecule has 1 heterocycles. The summed E-state index contributed by atoms with van der Waals surface area (Å²) >= 11 is 1.46. The van der Waals surface area contributed by atoms with Crippen LogP contribution in [-0.2, 0) is 4.79 Å². The number of thioether (sulfide) groups is 1. The number of carbonyl (C=O) groups excluding carboxylic acids is 2. The molecule has 1 aromatic heterocycles. The Morgan fingerprint density at radius 3 is 2.29 bits per heavy atom. The Labute approximate surface area is 168 Å². The van der Waals surface area contributed by atoms with E-state index >= 15 is 0 Å². The first-order valence-electron chi connectivity index (χ1n) is 8.87. The summed E-state index contributed by atoms with van der Waals surface area (Å²) in [5, 5.41) is 5.49. The van der Waals surface area contributed by atoms with Crippen LogP contribution < -0.4 is 10.6 Å². The molecular weight excluding hydrogens is 370 g/mol. The van der Waals surface area contributed by atoms with Gasteiger partial charge in [0.25, 0.3) is 5.91 Å². The van der Waals surface area contributed by atoms with Crippen molar-refractivity contribution < 1.29 is 9.59 Å². The van der Waals surface area contributed by atoms with E-state index in [2.05, 4.69) is 15.6 Å². The van der Waals surface area contributed by atoms with E-state index < -0.39 is 0 Å². The maximum atomic E-state index is 12.3. The number of hydrogen-bond donors (Lipinski definition) is 2. The summed E-state index contributed by atoms with van der Waals surface area (Å²) in [6.07, 6.45) is 3.27. The van der Waals surface area contributed by atoms with E-state index in [4.69, 9.17) is 0 Å². The number of amides is 2. The Hall–Kier alpha value is -3.12. The lowest BCUT2D eigenvalue weighted by molar-refractivity contribution is -0.115. The fourth-order valence-corrected chi connectivity index (χ4v) is 3.41. The predicted octanol–water partition coefficient (Wildman–Crippen LogP) is 4.76. The van der Waals surface area contributed by atoms with E-state index in [0.29, 0.717) is 11.3 Å². The number of benzene rings is 2. The van der Waals surface area contributed by atoms with Gasteiger partial charge in [0.15, 0.2) is 0 Å². The van der Waals surface area contributed by atoms with Gasteiger partial charge >= 0.3 is 0 Å². The van der Waals surface area contributed by atoms with E-state index in [-0.39, 0.29) is 17.1 Å². The first-order valence-corrected chi connectivity index (χ1v) is 9.75. The molecule has 5 nitrogen and oxygen atoms in total. The molecule has 6 heteroatoms. The smallest absolute Gasteiger partial charge is 0.255 e. The number of aromatic nitrogens is 1. The standard InChI is InChI=1S/C22H21N3O2S/c1-15-4-3-5-17(14-15)22(27)25-18-6-8-20(9-7-18)28-16(2)21(26)24-19-10-12-23-13-11-19/h3-14,16H,1-2H3,(H,25,27)(H,23,24,26). The van der Waals surface area contributed by atoms with Crippen molar-refractivity contribution in [3.05, 3.63) is 84.2 Å². The lowest BCUT2D eigenvalue weighted by atomic mass is 10.1. The van der Waals surface area contributed by atoms with Crippen molar-refractivity contribution in [2.45, 2.75) is 24.0 Å². The third-order valence-corrected chi connectivity index (χ3v) is 5.13. The van der Waals surface area contributed by atoms with Crippen LogP contribution in [0.5, 0.6) is 0 Å². The maximum absolute atomic E-state index is 12.3. The molecule has 2 amide bonds. The quantitative estimate of drug-likeness (QED) is 0.594. The first-order chi connectivity index (χ1) is 13.5. The lowest BCUT2D eigenvalue weighted by Crippen LogP contribution is -2.22. The van der Waals surface area contributed by atoms with E-state index in [1.165, 1.54) is 11.8 Å². The number of pyridine rings is 1. The highest BCUT2D eigenvalue weighted by Gasteiger charge is 2.15. The van der Waals surface area contributed by atoms with Crippen LogP contribution in [0.3, 0.4) is 0 Å². The summed E-state index contributed by atoms with van der Waals surface area (Å²) in [4.78, 5) is 29.5. The van der Waals surface area contributed by atoms with Crippen LogP contribution >= 0.6 is 11.8 Å². The molecule has 28 heavy (non-hydrogen) atoms. The molecule has 1 atom stereocenters. The van der Waals surface area contributed by atoms with Gasteiger partial charge in [0.05, 0.1) is 5.25 Å². The minimum Gasteiger partial charge on any atom is -0.325 e. The minimum atomic E-state index is -0.263. The molecule has 0 aliphatic heterocycles. The zero-order valence-corrected chi connectivity index (χ0v) is 16.5. The van der Waals surface area contributed by atoms with Gasteiger partial charge < -0.3 is 10.6 Å². The molecule has 2 N–H and O–H groups in total. The SMILES string of the molecule is Cc1cccc(C(=O)Nc2ccc(SC(C)C(=O)Nc3ccncc3)cc2)c1. The molecule has 0 aliphatic rings. The molecule has 0 spiro atoms. The van der Waals surface area contributed by atoms with Gasteiger partial charge in [-0.05, 0) is 62.4 Å². The summed E-state index contributed by atoms with van der Waals surface area (Å²) in [6, 6.07) is 18.4. The molecule has 3 aromatic rings. The third kappa shape index (κ3) is 5.44. The molecule has 0 bridgehead atoms. The van der Waals surface area contributed by atoms with Crippen molar-refractivity contribution >= 4 is 35.0 Å². The zero-order valence-electron chi connectivity index (χ0n) is 15.7. The van der Waals surface area contributed by atoms with Crippen LogP contribution in [0.15, 0.2) is 78.0 Å². The molecule has 0 saturated carbocycles. The van der Waals surface area contributed by atoms with Crippen LogP contribution in [0.1, 0.15) is 22.8 Å². The highest BCUT2D eigenvalue weighted by molar-refractivity contribution is 8.00. The van der Waals surface area contributed by atoms with Crippen LogP contribution in [-0.4, -0.2) is 22.0 Å². The number of carbonyl (C=O) groups is 2. The lowest BCUT2D eigenvalue weighted by Gasteiger charge is -2.12. The highest BCUT2D eigenvalue weighted by Crippen LogP contribution is 2.25. The normalized spacial score (nSPS) is 11.5. The number of rotatable bonds is 6. The van der Waals surface area contributed by atoms with Crippen molar-refractivity contribution in [1.82, 2.24) is 4.98 Å². The average molecular weight is 391 g/mol. The molecule has 3 rings (SSSR count). The Balaban J connectivity index is 1.56. The minimum absolute atomic E-state index is 0.0759. The molecule has 0 radical (unpaired) electrons. The molecule has 0 fully saturated rings. The van der Waals surface area contributed by atoms with Gasteiger partial charge in [0.1, 0.15) is 0 Å². The fourth-order valence-electron chi connectivity index (χ4n) is 2.54. The molecular formula is C22H21N3O2S. The van der Waals surface area contributed by atoms with E-state index in [9.17, 15) is 9.59 Å². The van der Waals surface area contributed by atoms with Gasteiger partial charge in [0.2, 0.25) is 5.91 Å². The van der Waals surface area contributed by atoms with Crippen LogP contribution in [0.4, 0.5) is 11.4 Å². The average Bonchev–Trinajstić information content (AvgIpc) is 2.70. The van der Waals surface area contributed by atoms with Crippen LogP contribution in [0, 0.1) is 6.92 Å². The van der Waals surface area contributed by atoms with Gasteiger partial charge in [-0.3, -0.25) is 14.6 Å². The van der Waals surface area contributed by atoms with Crippen molar-refractivity contribution in [2.24, 2.45) is 0 Å². The van der Waals surface area contributed by atoms with Gasteiger partial charge in [0, 0.05) is 34.2 Å². The Morgan fingerprint density at radius 2 is 1.61 bits per heavy atom. The Kier molecular flexibility index (Phi) is 6.45. The van der Waals surface area contributed by atoms with Crippen molar-refractivity contribution in [3.8, 4) is 0 Å². The monoisotopic (exact) mass is 391 g/mol. The van der Waals surface area contributed by atoms with Crippen molar-refractivity contribution in [1.29, 1.82) is 0 Å². The van der Waals surface area contributed by atoms with Gasteiger partial charge in [-0.15, -0.1) is 11.8 Å². The Morgan fingerprint density at radius 1 is 0.929 bits per heavy atom. The van der Waals surface area contributed by atoms with Crippen LogP contribution in [0.25, 0.3) is 0 Å². The second-order valence-corrected chi connectivity index (χ2v) is 7.75. The second kappa shape index (κ2) is 9.19. The molecule has 0 saturated heterocycles. The largest absolute Gasteiger partial charge is 0.325 e. The van der Waals surface area contributed by atoms with Gasteiger partial charge in [-0.2, -0.15) is 0 Å². The summed E-state index contributed by atoms with van der Waals surface area (Å²) in [6.45, 7) is 3.81. The predicted molar refractivity (Wildman–Crippen MR) is 114 cm³/mol. The zero-order chi connectivity index (χ0) is 19.9. The number of aryl methyl sites for hydroxylation is 1. The van der Waals surface area contributed by atoms with Crippen molar-refractivity contribution in [2.75, 3.05) is 10.6 Å². The first kappa shape index (κ1) is 19.6. The molecule has 2 aromatic carbocycles. The van der Waals surface area contributed by atoms with Crippen LogP contribution in [0.2, 0.25) is 0 Å². The third-order valence-electron chi connectivity index (χ3n) is 4.02. The summed E-state index contributed by atoms with van der Waals surface area (Å²) < 4.78 is 0. The highest BCUT2D eigenvalue weighted by atomic mass is 32.2. The summed E-state index contributed by atoms with van der Waals surface area (Å²) in [5.74, 6) is -0.220. The Bertz CT molecular complexity index is 959. The van der Waals surface area contributed by atoms with Gasteiger partial charge in [-0.25, -0.2) is 0 Å². The second-order valence-electron chi connectivity index (χ2n) is 6.33. The number of nitrogens with one attached hydrogen (secondary N) is 2. The number of hydrogen-bond acceptors (Lipinski definition) is 4. The van der Waals surface area contributed by atoms with Gasteiger partial charge in [-0.1, -0.05) is 17.7 Å². The van der Waals surface area contributed by atoms with Crippen molar-refractivity contribution in [3.63, 3.8) is 0 Å². The number of anilines is 2. The topological polar surface area (TPSA) is 71.1 Å². The summed E-state index contributed by atoms with van der Waals surface area (Å²) in [5.41, 5.74) is 3.10. The van der Waals surface area contributed by atoms with E-state index in [1.807, 2.05) is 56.3 Å².